The first-order valence-electron chi connectivity index (χ1n) is 4.60. The Morgan fingerprint density at radius 1 is 1.69 bits per heavy atom. The summed E-state index contributed by atoms with van der Waals surface area (Å²) < 4.78 is 4.98. The summed E-state index contributed by atoms with van der Waals surface area (Å²) in [5, 5.41) is 0. The van der Waals surface area contributed by atoms with E-state index in [2.05, 4.69) is 4.90 Å². The van der Waals surface area contributed by atoms with Crippen LogP contribution in [0.2, 0.25) is 0 Å². The summed E-state index contributed by atoms with van der Waals surface area (Å²) in [6, 6.07) is 2.06. The number of aldehydes is 1. The van der Waals surface area contributed by atoms with Gasteiger partial charge in [0.1, 0.15) is 6.29 Å². The molecule has 0 aromatic carbocycles. The van der Waals surface area contributed by atoms with Crippen molar-refractivity contribution in [3.05, 3.63) is 24.2 Å². The van der Waals surface area contributed by atoms with Gasteiger partial charge in [0.25, 0.3) is 0 Å². The van der Waals surface area contributed by atoms with Crippen molar-refractivity contribution in [1.29, 1.82) is 0 Å². The second-order valence-corrected chi connectivity index (χ2v) is 3.45. The number of hydrogen-bond acceptors (Lipinski definition) is 3. The minimum atomic E-state index is 0.120. The highest BCUT2D eigenvalue weighted by atomic mass is 16.3. The van der Waals surface area contributed by atoms with Gasteiger partial charge in [-0.05, 0) is 25.5 Å². The molecule has 1 aromatic heterocycles. The average molecular weight is 179 g/mol. The summed E-state index contributed by atoms with van der Waals surface area (Å²) in [6.45, 7) is 1.86. The highest BCUT2D eigenvalue weighted by Gasteiger charge is 2.23. The van der Waals surface area contributed by atoms with Crippen molar-refractivity contribution in [1.82, 2.24) is 4.90 Å². The van der Waals surface area contributed by atoms with E-state index in [0.717, 1.165) is 37.8 Å². The summed E-state index contributed by atoms with van der Waals surface area (Å²) in [5.41, 5.74) is 1.15. The maximum absolute atomic E-state index is 10.7. The smallest absolute Gasteiger partial charge is 0.137 e. The van der Waals surface area contributed by atoms with Gasteiger partial charge in [0.05, 0.1) is 18.6 Å². The highest BCUT2D eigenvalue weighted by Crippen LogP contribution is 2.18. The van der Waals surface area contributed by atoms with E-state index in [1.165, 1.54) is 0 Å². The van der Waals surface area contributed by atoms with Gasteiger partial charge < -0.3 is 9.21 Å². The predicted octanol–water partition coefficient (Wildman–Crippen LogP) is 1.44. The van der Waals surface area contributed by atoms with Crippen molar-refractivity contribution in [3.8, 4) is 0 Å². The Kier molecular flexibility index (Phi) is 2.45. The lowest BCUT2D eigenvalue weighted by Crippen LogP contribution is -2.29. The van der Waals surface area contributed by atoms with Crippen molar-refractivity contribution in [3.63, 3.8) is 0 Å². The van der Waals surface area contributed by atoms with Crippen LogP contribution in [0.15, 0.2) is 23.0 Å². The Morgan fingerprint density at radius 2 is 2.62 bits per heavy atom. The first kappa shape index (κ1) is 8.51. The zero-order valence-corrected chi connectivity index (χ0v) is 7.48. The van der Waals surface area contributed by atoms with Crippen molar-refractivity contribution in [2.24, 2.45) is 0 Å². The number of nitrogens with zero attached hydrogens (tertiary/aromatic N) is 1. The molecule has 1 aliphatic heterocycles. The van der Waals surface area contributed by atoms with Gasteiger partial charge in [0.15, 0.2) is 0 Å². The fourth-order valence-electron chi connectivity index (χ4n) is 1.82. The molecule has 0 bridgehead atoms. The molecule has 1 atom stereocenters. The molecule has 0 saturated carbocycles. The van der Waals surface area contributed by atoms with Gasteiger partial charge in [-0.3, -0.25) is 4.90 Å². The lowest BCUT2D eigenvalue weighted by molar-refractivity contribution is -0.111. The summed E-state index contributed by atoms with van der Waals surface area (Å²) >= 11 is 0. The quantitative estimate of drug-likeness (QED) is 0.658. The van der Waals surface area contributed by atoms with Crippen LogP contribution in [0.3, 0.4) is 0 Å². The molecule has 0 radical (unpaired) electrons. The van der Waals surface area contributed by atoms with Crippen molar-refractivity contribution < 1.29 is 9.21 Å². The number of carbonyl (C=O) groups excluding carboxylic acids is 1. The molecule has 70 valence electrons. The molecule has 1 aromatic rings. The van der Waals surface area contributed by atoms with Crippen LogP contribution in [0.5, 0.6) is 0 Å². The van der Waals surface area contributed by atoms with Gasteiger partial charge in [-0.15, -0.1) is 0 Å². The van der Waals surface area contributed by atoms with Crippen molar-refractivity contribution in [2.75, 3.05) is 6.54 Å². The molecular formula is C10H13NO2. The normalized spacial score (nSPS) is 23.5. The van der Waals surface area contributed by atoms with E-state index in [-0.39, 0.29) is 6.04 Å². The van der Waals surface area contributed by atoms with Crippen LogP contribution in [-0.2, 0) is 11.3 Å². The number of rotatable bonds is 3. The number of hydrogen-bond donors (Lipinski definition) is 0. The molecule has 2 heterocycles. The second kappa shape index (κ2) is 3.75. The summed E-state index contributed by atoms with van der Waals surface area (Å²) in [5.74, 6) is 0. The van der Waals surface area contributed by atoms with Gasteiger partial charge in [-0.1, -0.05) is 0 Å². The fourth-order valence-corrected chi connectivity index (χ4v) is 1.82. The van der Waals surface area contributed by atoms with E-state index >= 15 is 0 Å². The molecule has 3 heteroatoms. The highest BCUT2D eigenvalue weighted by molar-refractivity contribution is 5.58. The van der Waals surface area contributed by atoms with Gasteiger partial charge in [-0.2, -0.15) is 0 Å². The SMILES string of the molecule is O=CC1CCCN1Cc1ccoc1. The molecule has 0 N–H and O–H groups in total. The zero-order valence-electron chi connectivity index (χ0n) is 7.48. The molecule has 1 aliphatic rings. The molecule has 1 fully saturated rings. The Morgan fingerprint density at radius 3 is 3.31 bits per heavy atom. The second-order valence-electron chi connectivity index (χ2n) is 3.45. The number of furan rings is 1. The summed E-state index contributed by atoms with van der Waals surface area (Å²) in [4.78, 5) is 12.9. The van der Waals surface area contributed by atoms with Crippen LogP contribution in [0.4, 0.5) is 0 Å². The zero-order chi connectivity index (χ0) is 9.10. The maximum atomic E-state index is 10.7. The largest absolute Gasteiger partial charge is 0.472 e. The Labute approximate surface area is 77.3 Å². The van der Waals surface area contributed by atoms with Gasteiger partial charge >= 0.3 is 0 Å². The maximum Gasteiger partial charge on any atom is 0.137 e. The predicted molar refractivity (Wildman–Crippen MR) is 48.2 cm³/mol. The Balaban J connectivity index is 1.97. The van der Waals surface area contributed by atoms with E-state index in [4.69, 9.17) is 4.42 Å². The molecular weight excluding hydrogens is 166 g/mol. The lowest BCUT2D eigenvalue weighted by Gasteiger charge is -2.18. The van der Waals surface area contributed by atoms with Crippen molar-refractivity contribution in [2.45, 2.75) is 25.4 Å². The molecule has 0 aliphatic carbocycles. The molecule has 1 unspecified atom stereocenters. The third kappa shape index (κ3) is 1.80. The Hall–Kier alpha value is -1.09. The topological polar surface area (TPSA) is 33.5 Å². The minimum absolute atomic E-state index is 0.120. The van der Waals surface area contributed by atoms with Crippen LogP contribution >= 0.6 is 0 Å². The molecule has 1 saturated heterocycles. The molecule has 0 amide bonds. The van der Waals surface area contributed by atoms with Crippen LogP contribution in [-0.4, -0.2) is 23.8 Å². The standard InChI is InChI=1S/C10H13NO2/c12-7-10-2-1-4-11(10)6-9-3-5-13-8-9/h3,5,7-8,10H,1-2,4,6H2. The van der Waals surface area contributed by atoms with E-state index < -0.39 is 0 Å². The van der Waals surface area contributed by atoms with Crippen LogP contribution in [0.1, 0.15) is 18.4 Å². The first-order valence-corrected chi connectivity index (χ1v) is 4.60. The molecule has 0 spiro atoms. The fraction of sp³-hybridized carbons (Fsp3) is 0.500. The molecule has 2 rings (SSSR count). The van der Waals surface area contributed by atoms with Crippen LogP contribution < -0.4 is 0 Å². The van der Waals surface area contributed by atoms with E-state index in [0.29, 0.717) is 0 Å². The van der Waals surface area contributed by atoms with E-state index in [1.54, 1.807) is 12.5 Å². The number of carbonyl (C=O) groups is 1. The third-order valence-electron chi connectivity index (χ3n) is 2.54. The first-order chi connectivity index (χ1) is 6.40. The average Bonchev–Trinajstić information content (AvgIpc) is 2.76. The van der Waals surface area contributed by atoms with Gasteiger partial charge in [0.2, 0.25) is 0 Å². The van der Waals surface area contributed by atoms with Gasteiger partial charge in [-0.25, -0.2) is 0 Å². The summed E-state index contributed by atoms with van der Waals surface area (Å²) in [7, 11) is 0. The molecule has 13 heavy (non-hydrogen) atoms. The van der Waals surface area contributed by atoms with Crippen LogP contribution in [0.25, 0.3) is 0 Å². The minimum Gasteiger partial charge on any atom is -0.472 e. The van der Waals surface area contributed by atoms with Gasteiger partial charge in [0, 0.05) is 12.1 Å². The monoisotopic (exact) mass is 179 g/mol. The molecule has 3 nitrogen and oxygen atoms in total. The third-order valence-corrected chi connectivity index (χ3v) is 2.54. The van der Waals surface area contributed by atoms with Crippen molar-refractivity contribution >= 4 is 6.29 Å². The Bertz CT molecular complexity index is 268. The summed E-state index contributed by atoms with van der Waals surface area (Å²) in [6.07, 6.45) is 6.58. The number of likely N-dealkylation sites (tertiary alicyclic amines) is 1. The lowest BCUT2D eigenvalue weighted by atomic mass is 10.2. The van der Waals surface area contributed by atoms with Crippen LogP contribution in [0, 0.1) is 0 Å². The van der Waals surface area contributed by atoms with E-state index in [1.807, 2.05) is 6.07 Å². The van der Waals surface area contributed by atoms with E-state index in [9.17, 15) is 4.79 Å².